The maximum atomic E-state index is 12.2. The molecule has 0 saturated carbocycles. The van der Waals surface area contributed by atoms with Crippen molar-refractivity contribution >= 4 is 40.7 Å². The summed E-state index contributed by atoms with van der Waals surface area (Å²) in [5.41, 5.74) is 0.363. The Balaban J connectivity index is 1.68. The van der Waals surface area contributed by atoms with Gasteiger partial charge in [0.1, 0.15) is 11.9 Å². The lowest BCUT2D eigenvalue weighted by Crippen LogP contribution is -2.41. The summed E-state index contributed by atoms with van der Waals surface area (Å²) in [5.74, 6) is -1.35. The van der Waals surface area contributed by atoms with E-state index in [4.69, 9.17) is 0 Å². The number of amides is 4. The number of piperidine rings is 1. The van der Waals surface area contributed by atoms with Gasteiger partial charge in [-0.3, -0.25) is 24.8 Å². The quantitative estimate of drug-likeness (QED) is 0.386. The number of imide groups is 1. The summed E-state index contributed by atoms with van der Waals surface area (Å²) in [6.45, 7) is 0. The Bertz CT molecular complexity index is 1190. The normalized spacial score (nSPS) is 16.7. The van der Waals surface area contributed by atoms with E-state index in [9.17, 15) is 24.6 Å². The SMILES string of the molecule is O=C1CCC(n2c(O)c3cccc(C=NC(=O)Nc4ccccn4)c3c2O)C(=O)N1. The number of urea groups is 1. The number of nitrogens with one attached hydrogen (secondary N) is 2. The molecule has 10 heteroatoms. The van der Waals surface area contributed by atoms with Crippen LogP contribution in [0.4, 0.5) is 10.6 Å². The minimum Gasteiger partial charge on any atom is -0.494 e. The van der Waals surface area contributed by atoms with E-state index in [1.165, 1.54) is 12.4 Å². The van der Waals surface area contributed by atoms with Gasteiger partial charge in [0.25, 0.3) is 0 Å². The first kappa shape index (κ1) is 19.1. The van der Waals surface area contributed by atoms with Gasteiger partial charge in [-0.2, -0.15) is 0 Å². The molecule has 1 unspecified atom stereocenters. The van der Waals surface area contributed by atoms with Crippen LogP contribution in [0.1, 0.15) is 24.4 Å². The largest absolute Gasteiger partial charge is 0.494 e. The summed E-state index contributed by atoms with van der Waals surface area (Å²) in [6, 6.07) is 8.22. The van der Waals surface area contributed by atoms with E-state index < -0.39 is 23.9 Å². The van der Waals surface area contributed by atoms with Crippen molar-refractivity contribution in [3.63, 3.8) is 0 Å². The molecule has 3 aromatic rings. The maximum absolute atomic E-state index is 12.2. The molecule has 0 bridgehead atoms. The zero-order valence-electron chi connectivity index (χ0n) is 15.6. The molecule has 3 heterocycles. The van der Waals surface area contributed by atoms with Gasteiger partial charge in [0.05, 0.1) is 5.39 Å². The predicted octanol–water partition coefficient (Wildman–Crippen LogP) is 2.08. The highest BCUT2D eigenvalue weighted by atomic mass is 16.3. The van der Waals surface area contributed by atoms with Crippen molar-refractivity contribution in [2.24, 2.45) is 4.99 Å². The molecule has 4 rings (SSSR count). The summed E-state index contributed by atoms with van der Waals surface area (Å²) >= 11 is 0. The van der Waals surface area contributed by atoms with Crippen LogP contribution in [0.2, 0.25) is 0 Å². The van der Waals surface area contributed by atoms with Crippen LogP contribution < -0.4 is 10.6 Å². The van der Waals surface area contributed by atoms with Crippen molar-refractivity contribution in [1.82, 2.24) is 14.9 Å². The van der Waals surface area contributed by atoms with Crippen LogP contribution in [-0.2, 0) is 9.59 Å². The van der Waals surface area contributed by atoms with Gasteiger partial charge in [0.2, 0.25) is 23.6 Å². The van der Waals surface area contributed by atoms with Crippen molar-refractivity contribution in [3.05, 3.63) is 48.2 Å². The molecule has 0 aliphatic carbocycles. The Hall–Kier alpha value is -4.21. The van der Waals surface area contributed by atoms with Crippen LogP contribution in [-0.4, -0.2) is 43.8 Å². The van der Waals surface area contributed by atoms with Crippen LogP contribution >= 0.6 is 0 Å². The van der Waals surface area contributed by atoms with E-state index in [2.05, 4.69) is 20.6 Å². The Labute approximate surface area is 169 Å². The molecule has 152 valence electrons. The molecule has 4 amide bonds. The third-order valence-electron chi connectivity index (χ3n) is 4.76. The Morgan fingerprint density at radius 3 is 2.77 bits per heavy atom. The highest BCUT2D eigenvalue weighted by Crippen LogP contribution is 2.41. The summed E-state index contributed by atoms with van der Waals surface area (Å²) < 4.78 is 1.08. The maximum Gasteiger partial charge on any atom is 0.346 e. The second kappa shape index (κ2) is 7.66. The molecule has 10 nitrogen and oxygen atoms in total. The molecule has 1 aliphatic rings. The lowest BCUT2D eigenvalue weighted by atomic mass is 10.1. The Morgan fingerprint density at radius 2 is 2.03 bits per heavy atom. The number of benzene rings is 1. The summed E-state index contributed by atoms with van der Waals surface area (Å²) in [6.07, 6.45) is 3.00. The first-order chi connectivity index (χ1) is 14.5. The number of anilines is 1. The average molecular weight is 407 g/mol. The topological polar surface area (TPSA) is 146 Å². The van der Waals surface area contributed by atoms with Gasteiger partial charge >= 0.3 is 6.03 Å². The van der Waals surface area contributed by atoms with Crippen molar-refractivity contribution < 1.29 is 24.6 Å². The lowest BCUT2D eigenvalue weighted by molar-refractivity contribution is -0.135. The van der Waals surface area contributed by atoms with Crippen molar-refractivity contribution in [2.45, 2.75) is 18.9 Å². The molecule has 2 aromatic heterocycles. The van der Waals surface area contributed by atoms with Crippen LogP contribution in [0.5, 0.6) is 11.8 Å². The van der Waals surface area contributed by atoms with Crippen molar-refractivity contribution in [3.8, 4) is 11.8 Å². The molecule has 1 fully saturated rings. The van der Waals surface area contributed by atoms with Gasteiger partial charge in [-0.15, -0.1) is 0 Å². The Morgan fingerprint density at radius 1 is 1.20 bits per heavy atom. The molecule has 1 atom stereocenters. The number of carbonyl (C=O) groups is 3. The summed E-state index contributed by atoms with van der Waals surface area (Å²) in [4.78, 5) is 43.4. The monoisotopic (exact) mass is 407 g/mol. The zero-order valence-corrected chi connectivity index (χ0v) is 15.6. The van der Waals surface area contributed by atoms with E-state index in [0.717, 1.165) is 4.57 Å². The first-order valence-electron chi connectivity index (χ1n) is 9.10. The Kier molecular flexibility index (Phi) is 4.88. The van der Waals surface area contributed by atoms with Gasteiger partial charge in [-0.1, -0.05) is 18.2 Å². The number of aromatic hydroxyl groups is 2. The van der Waals surface area contributed by atoms with Gasteiger partial charge in [0.15, 0.2) is 0 Å². The van der Waals surface area contributed by atoms with Gasteiger partial charge in [-0.05, 0) is 24.6 Å². The smallest absolute Gasteiger partial charge is 0.346 e. The van der Waals surface area contributed by atoms with Gasteiger partial charge < -0.3 is 10.2 Å². The molecule has 1 aromatic carbocycles. The fourth-order valence-corrected chi connectivity index (χ4v) is 3.39. The highest BCUT2D eigenvalue weighted by Gasteiger charge is 2.33. The lowest BCUT2D eigenvalue weighted by Gasteiger charge is -2.23. The molecule has 1 aliphatic heterocycles. The number of rotatable bonds is 3. The molecular weight excluding hydrogens is 390 g/mol. The van der Waals surface area contributed by atoms with Crippen LogP contribution in [0.3, 0.4) is 0 Å². The average Bonchev–Trinajstić information content (AvgIpc) is 2.98. The fraction of sp³-hybridized carbons (Fsp3) is 0.150. The number of hydrogen-bond acceptors (Lipinski definition) is 6. The minimum absolute atomic E-state index is 0.0891. The van der Waals surface area contributed by atoms with E-state index in [1.54, 1.807) is 36.4 Å². The molecule has 30 heavy (non-hydrogen) atoms. The number of pyridine rings is 1. The van der Waals surface area contributed by atoms with Gasteiger partial charge in [-0.25, -0.2) is 14.8 Å². The van der Waals surface area contributed by atoms with Crippen molar-refractivity contribution in [1.29, 1.82) is 0 Å². The number of fused-ring (bicyclic) bond motifs is 1. The fourth-order valence-electron chi connectivity index (χ4n) is 3.39. The standard InChI is InChI=1S/C20H17N5O5/c26-15-8-7-13(17(27)24-15)25-18(28)12-5-3-4-11(16(12)19(25)29)10-22-20(30)23-14-6-1-2-9-21-14/h1-6,9-10,13,28-29H,7-8H2,(H,21,23,30)(H,24,26,27). The van der Waals surface area contributed by atoms with Gasteiger partial charge in [0, 0.05) is 29.8 Å². The molecular formula is C20H17N5O5. The second-order valence-electron chi connectivity index (χ2n) is 6.66. The number of nitrogens with zero attached hydrogens (tertiary/aromatic N) is 3. The van der Waals surface area contributed by atoms with E-state index in [0.29, 0.717) is 11.4 Å². The third-order valence-corrected chi connectivity index (χ3v) is 4.76. The van der Waals surface area contributed by atoms with E-state index in [-0.39, 0.29) is 35.4 Å². The van der Waals surface area contributed by atoms with Crippen LogP contribution in [0, 0.1) is 0 Å². The number of aromatic nitrogens is 2. The number of aliphatic imine (C=N–C) groups is 1. The predicted molar refractivity (Wildman–Crippen MR) is 108 cm³/mol. The first-order valence-corrected chi connectivity index (χ1v) is 9.10. The second-order valence-corrected chi connectivity index (χ2v) is 6.66. The molecule has 4 N–H and O–H groups in total. The van der Waals surface area contributed by atoms with Crippen LogP contribution in [0.25, 0.3) is 10.8 Å². The minimum atomic E-state index is -0.938. The molecule has 0 spiro atoms. The highest BCUT2D eigenvalue weighted by molar-refractivity contribution is 6.09. The van der Waals surface area contributed by atoms with Crippen LogP contribution in [0.15, 0.2) is 47.6 Å². The summed E-state index contributed by atoms with van der Waals surface area (Å²) in [7, 11) is 0. The van der Waals surface area contributed by atoms with E-state index in [1.807, 2.05) is 0 Å². The summed E-state index contributed by atoms with van der Waals surface area (Å²) in [5, 5.41) is 26.6. The van der Waals surface area contributed by atoms with Crippen molar-refractivity contribution in [2.75, 3.05) is 5.32 Å². The number of carbonyl (C=O) groups excluding carboxylic acids is 3. The third kappa shape index (κ3) is 3.46. The van der Waals surface area contributed by atoms with E-state index >= 15 is 0 Å². The zero-order chi connectivity index (χ0) is 21.3. The molecule has 1 saturated heterocycles. The number of hydrogen-bond donors (Lipinski definition) is 4. The molecule has 0 radical (unpaired) electrons.